The van der Waals surface area contributed by atoms with Crippen LogP contribution in [0.15, 0.2) is 4.47 Å². The molecule has 0 radical (unpaired) electrons. The van der Waals surface area contributed by atoms with Crippen molar-refractivity contribution in [2.75, 3.05) is 19.0 Å². The van der Waals surface area contributed by atoms with E-state index < -0.39 is 0 Å². The van der Waals surface area contributed by atoms with Crippen molar-refractivity contribution in [3.05, 3.63) is 14.8 Å². The Balaban J connectivity index is 3.31. The van der Waals surface area contributed by atoms with Crippen molar-refractivity contribution < 1.29 is 0 Å². The van der Waals surface area contributed by atoms with Crippen LogP contribution >= 0.6 is 28.1 Å². The van der Waals surface area contributed by atoms with E-state index >= 15 is 0 Å². The van der Waals surface area contributed by atoms with Gasteiger partial charge in [0.1, 0.15) is 4.64 Å². The van der Waals surface area contributed by atoms with E-state index in [2.05, 4.69) is 25.9 Å². The molecule has 0 aliphatic rings. The van der Waals surface area contributed by atoms with E-state index in [0.717, 1.165) is 16.1 Å². The summed E-state index contributed by atoms with van der Waals surface area (Å²) in [6.45, 7) is 1.95. The molecule has 0 aromatic carbocycles. The van der Waals surface area contributed by atoms with Crippen molar-refractivity contribution in [1.82, 2.24) is 9.97 Å². The Morgan fingerprint density at radius 1 is 1.50 bits per heavy atom. The average molecular weight is 248 g/mol. The summed E-state index contributed by atoms with van der Waals surface area (Å²) >= 11 is 8.39. The maximum atomic E-state index is 5.04. The van der Waals surface area contributed by atoms with Crippen LogP contribution in [0, 0.1) is 11.6 Å². The number of aromatic nitrogens is 2. The fourth-order valence-corrected chi connectivity index (χ4v) is 1.20. The normalized spacial score (nSPS) is 10.0. The second-order valence-corrected chi connectivity index (χ2v) is 3.88. The van der Waals surface area contributed by atoms with Crippen LogP contribution in [-0.4, -0.2) is 24.1 Å². The van der Waals surface area contributed by atoms with Gasteiger partial charge in [-0.15, -0.1) is 0 Å². The van der Waals surface area contributed by atoms with Crippen LogP contribution in [0.2, 0.25) is 0 Å². The van der Waals surface area contributed by atoms with E-state index in [1.165, 1.54) is 0 Å². The lowest BCUT2D eigenvalue weighted by Gasteiger charge is -2.11. The Kier molecular flexibility index (Phi) is 2.85. The van der Waals surface area contributed by atoms with Crippen LogP contribution in [0.3, 0.4) is 0 Å². The molecule has 0 saturated carbocycles. The number of H-pyrrole nitrogens is 1. The SMILES string of the molecule is Cc1[nH]c(N(C)C)nc(=S)c1Br. The molecular weight excluding hydrogens is 238 g/mol. The Morgan fingerprint density at radius 2 is 2.08 bits per heavy atom. The number of hydrogen-bond acceptors (Lipinski definition) is 3. The smallest absolute Gasteiger partial charge is 0.203 e. The van der Waals surface area contributed by atoms with Gasteiger partial charge in [0.25, 0.3) is 0 Å². The van der Waals surface area contributed by atoms with Gasteiger partial charge in [-0.05, 0) is 22.9 Å². The zero-order valence-corrected chi connectivity index (χ0v) is 9.58. The number of halogens is 1. The van der Waals surface area contributed by atoms with E-state index in [0.29, 0.717) is 4.64 Å². The zero-order valence-electron chi connectivity index (χ0n) is 7.18. The third-order valence-corrected chi connectivity index (χ3v) is 2.98. The van der Waals surface area contributed by atoms with Crippen molar-refractivity contribution in [3.8, 4) is 0 Å². The molecule has 1 heterocycles. The Morgan fingerprint density at radius 3 is 2.50 bits per heavy atom. The highest BCUT2D eigenvalue weighted by molar-refractivity contribution is 9.10. The molecule has 0 unspecified atom stereocenters. The van der Waals surface area contributed by atoms with Gasteiger partial charge in [0.05, 0.1) is 4.47 Å². The van der Waals surface area contributed by atoms with E-state index in [1.54, 1.807) is 0 Å². The number of nitrogens with one attached hydrogen (secondary N) is 1. The lowest BCUT2D eigenvalue weighted by molar-refractivity contribution is 0.963. The Labute approximate surface area is 85.0 Å². The first-order valence-corrected chi connectivity index (χ1v) is 4.66. The maximum absolute atomic E-state index is 5.04. The molecule has 0 atom stereocenters. The summed E-state index contributed by atoms with van der Waals surface area (Å²) in [5, 5.41) is 0. The molecule has 5 heteroatoms. The van der Waals surface area contributed by atoms with Crippen molar-refractivity contribution >= 4 is 34.1 Å². The Hall–Kier alpha value is -0.420. The summed E-state index contributed by atoms with van der Waals surface area (Å²) in [4.78, 5) is 9.17. The molecule has 1 aromatic rings. The molecule has 0 aliphatic carbocycles. The third-order valence-electron chi connectivity index (χ3n) is 1.45. The van der Waals surface area contributed by atoms with Crippen LogP contribution in [0.25, 0.3) is 0 Å². The van der Waals surface area contributed by atoms with Gasteiger partial charge in [-0.2, -0.15) is 0 Å². The van der Waals surface area contributed by atoms with Crippen LogP contribution in [0.1, 0.15) is 5.69 Å². The van der Waals surface area contributed by atoms with Crippen molar-refractivity contribution in [2.45, 2.75) is 6.92 Å². The molecule has 0 bridgehead atoms. The average Bonchev–Trinajstić information content (AvgIpc) is 1.99. The Bertz CT molecular complexity index is 345. The molecule has 0 fully saturated rings. The number of rotatable bonds is 1. The van der Waals surface area contributed by atoms with Crippen LogP contribution in [0.4, 0.5) is 5.95 Å². The van der Waals surface area contributed by atoms with E-state index in [1.807, 2.05) is 25.9 Å². The van der Waals surface area contributed by atoms with Crippen molar-refractivity contribution in [3.63, 3.8) is 0 Å². The zero-order chi connectivity index (χ0) is 9.30. The summed E-state index contributed by atoms with van der Waals surface area (Å²) in [6.07, 6.45) is 0. The number of hydrogen-bond donors (Lipinski definition) is 1. The minimum atomic E-state index is 0.593. The van der Waals surface area contributed by atoms with Gasteiger partial charge in [-0.3, -0.25) is 0 Å². The molecule has 0 aliphatic heterocycles. The minimum Gasteiger partial charge on any atom is -0.349 e. The monoisotopic (exact) mass is 247 g/mol. The first-order valence-electron chi connectivity index (χ1n) is 3.46. The van der Waals surface area contributed by atoms with Gasteiger partial charge in [0, 0.05) is 19.8 Å². The van der Waals surface area contributed by atoms with E-state index in [9.17, 15) is 0 Å². The van der Waals surface area contributed by atoms with Gasteiger partial charge in [0.15, 0.2) is 0 Å². The lowest BCUT2D eigenvalue weighted by atomic mass is 10.4. The molecule has 0 spiro atoms. The van der Waals surface area contributed by atoms with Crippen LogP contribution < -0.4 is 4.90 Å². The highest BCUT2D eigenvalue weighted by Gasteiger charge is 2.02. The minimum absolute atomic E-state index is 0.593. The number of aryl methyl sites for hydroxylation is 1. The molecule has 66 valence electrons. The standard InChI is InChI=1S/C7H10BrN3S/c1-4-5(8)6(12)10-7(9-4)11(2)3/h1-3H3,(H,9,10,12). The second kappa shape index (κ2) is 3.53. The van der Waals surface area contributed by atoms with Gasteiger partial charge >= 0.3 is 0 Å². The summed E-state index contributed by atoms with van der Waals surface area (Å²) in [7, 11) is 3.84. The first-order chi connectivity index (χ1) is 5.52. The summed E-state index contributed by atoms with van der Waals surface area (Å²) in [5.41, 5.74) is 0.999. The predicted molar refractivity (Wildman–Crippen MR) is 56.2 cm³/mol. The third kappa shape index (κ3) is 1.84. The highest BCUT2D eigenvalue weighted by atomic mass is 79.9. The van der Waals surface area contributed by atoms with E-state index in [4.69, 9.17) is 12.2 Å². The summed E-state index contributed by atoms with van der Waals surface area (Å²) in [5.74, 6) is 0.778. The fourth-order valence-electron chi connectivity index (χ4n) is 0.768. The molecular formula is C7H10BrN3S. The van der Waals surface area contributed by atoms with Crippen molar-refractivity contribution in [2.24, 2.45) is 0 Å². The van der Waals surface area contributed by atoms with Crippen LogP contribution in [0.5, 0.6) is 0 Å². The van der Waals surface area contributed by atoms with Gasteiger partial charge in [0.2, 0.25) is 5.95 Å². The number of nitrogens with zero attached hydrogens (tertiary/aromatic N) is 2. The largest absolute Gasteiger partial charge is 0.349 e. The first kappa shape index (κ1) is 9.67. The number of aromatic amines is 1. The molecule has 12 heavy (non-hydrogen) atoms. The molecule has 1 aromatic heterocycles. The highest BCUT2D eigenvalue weighted by Crippen LogP contribution is 2.16. The molecule has 1 N–H and O–H groups in total. The predicted octanol–water partition coefficient (Wildman–Crippen LogP) is 2.28. The molecule has 0 saturated heterocycles. The van der Waals surface area contributed by atoms with Crippen molar-refractivity contribution in [1.29, 1.82) is 0 Å². The molecule has 1 rings (SSSR count). The summed E-state index contributed by atoms with van der Waals surface area (Å²) in [6, 6.07) is 0. The van der Waals surface area contributed by atoms with Crippen LogP contribution in [-0.2, 0) is 0 Å². The van der Waals surface area contributed by atoms with E-state index in [-0.39, 0.29) is 0 Å². The number of anilines is 1. The quantitative estimate of drug-likeness (QED) is 0.774. The summed E-state index contributed by atoms with van der Waals surface area (Å²) < 4.78 is 1.46. The molecule has 0 amide bonds. The maximum Gasteiger partial charge on any atom is 0.203 e. The topological polar surface area (TPSA) is 31.9 Å². The van der Waals surface area contributed by atoms with Gasteiger partial charge in [-0.25, -0.2) is 4.98 Å². The lowest BCUT2D eigenvalue weighted by Crippen LogP contribution is -2.13. The van der Waals surface area contributed by atoms with Gasteiger partial charge < -0.3 is 9.88 Å². The van der Waals surface area contributed by atoms with Gasteiger partial charge in [-0.1, -0.05) is 12.2 Å². The second-order valence-electron chi connectivity index (χ2n) is 2.70. The fraction of sp³-hybridized carbons (Fsp3) is 0.429. The molecule has 3 nitrogen and oxygen atoms in total.